The average Bonchev–Trinajstić information content (AvgIpc) is 3.38. The van der Waals surface area contributed by atoms with Crippen LogP contribution in [-0.2, 0) is 29.9 Å². The molecule has 33 heavy (non-hydrogen) atoms. The van der Waals surface area contributed by atoms with Gasteiger partial charge in [-0.15, -0.1) is 0 Å². The highest BCUT2D eigenvalue weighted by atomic mass is 32.2. The Morgan fingerprint density at radius 3 is 2.64 bits per heavy atom. The van der Waals surface area contributed by atoms with Crippen LogP contribution in [0, 0.1) is 0 Å². The molecule has 0 atom stereocenters. The van der Waals surface area contributed by atoms with Gasteiger partial charge in [0.05, 0.1) is 22.3 Å². The molecule has 1 aromatic carbocycles. The summed E-state index contributed by atoms with van der Waals surface area (Å²) in [7, 11) is -2.31. The Labute approximate surface area is 184 Å². The molecule has 3 heterocycles. The van der Waals surface area contributed by atoms with Gasteiger partial charge in [0.2, 0.25) is 21.7 Å². The van der Waals surface area contributed by atoms with Crippen LogP contribution in [0.5, 0.6) is 5.88 Å². The molecule has 0 aliphatic heterocycles. The summed E-state index contributed by atoms with van der Waals surface area (Å²) in [4.78, 5) is 7.61. The van der Waals surface area contributed by atoms with Gasteiger partial charge in [-0.05, 0) is 18.2 Å². The van der Waals surface area contributed by atoms with Gasteiger partial charge in [-0.2, -0.15) is 23.3 Å². The normalized spacial score (nSPS) is 12.2. The van der Waals surface area contributed by atoms with Crippen molar-refractivity contribution in [2.75, 3.05) is 0 Å². The minimum atomic E-state index is -4.60. The van der Waals surface area contributed by atoms with Gasteiger partial charge >= 0.3 is 6.18 Å². The van der Waals surface area contributed by atoms with E-state index in [1.54, 1.807) is 13.1 Å². The molecule has 172 valence electrons. The molecule has 3 aromatic heterocycles. The Kier molecular flexibility index (Phi) is 5.63. The summed E-state index contributed by atoms with van der Waals surface area (Å²) in [6.45, 7) is -0.182. The molecule has 0 saturated carbocycles. The summed E-state index contributed by atoms with van der Waals surface area (Å²) in [5.74, 6) is -0.0662. The Morgan fingerprint density at radius 2 is 1.91 bits per heavy atom. The Balaban J connectivity index is 1.59. The van der Waals surface area contributed by atoms with Crippen LogP contribution in [-0.4, -0.2) is 33.3 Å². The van der Waals surface area contributed by atoms with Gasteiger partial charge in [0.25, 0.3) is 5.89 Å². The van der Waals surface area contributed by atoms with Crippen molar-refractivity contribution >= 4 is 10.0 Å². The van der Waals surface area contributed by atoms with Crippen molar-refractivity contribution in [3.63, 3.8) is 0 Å². The van der Waals surface area contributed by atoms with Crippen molar-refractivity contribution in [3.8, 4) is 28.7 Å². The van der Waals surface area contributed by atoms with E-state index in [0.29, 0.717) is 16.8 Å². The summed E-state index contributed by atoms with van der Waals surface area (Å²) in [6, 6.07) is 9.03. The number of hydrogen-bond acceptors (Lipinski definition) is 8. The van der Waals surface area contributed by atoms with Gasteiger partial charge in [-0.3, -0.25) is 4.68 Å². The number of alkyl halides is 3. The summed E-state index contributed by atoms with van der Waals surface area (Å²) >= 11 is 0. The fraction of sp³-hybridized carbons (Fsp3) is 0.158. The van der Waals surface area contributed by atoms with Crippen molar-refractivity contribution in [2.24, 2.45) is 12.2 Å². The van der Waals surface area contributed by atoms with Crippen LogP contribution >= 0.6 is 0 Å². The van der Waals surface area contributed by atoms with Crippen LogP contribution in [0.25, 0.3) is 22.8 Å². The highest BCUT2D eigenvalue weighted by Gasteiger charge is 2.32. The summed E-state index contributed by atoms with van der Waals surface area (Å²) in [6.07, 6.45) is -3.17. The number of sulfonamides is 1. The van der Waals surface area contributed by atoms with E-state index in [0.717, 1.165) is 6.07 Å². The molecule has 4 aromatic rings. The van der Waals surface area contributed by atoms with E-state index in [-0.39, 0.29) is 29.1 Å². The van der Waals surface area contributed by atoms with Crippen molar-refractivity contribution < 1.29 is 30.8 Å². The van der Waals surface area contributed by atoms with Gasteiger partial charge in [0.1, 0.15) is 12.3 Å². The first-order valence-corrected chi connectivity index (χ1v) is 10.7. The van der Waals surface area contributed by atoms with E-state index in [4.69, 9.17) is 14.4 Å². The molecule has 0 amide bonds. The number of aromatic nitrogens is 5. The Hall–Kier alpha value is -3.78. The largest absolute Gasteiger partial charge is 0.471 e. The van der Waals surface area contributed by atoms with Crippen molar-refractivity contribution in [2.45, 2.75) is 17.7 Å². The smallest absolute Gasteiger partial charge is 0.433 e. The first-order chi connectivity index (χ1) is 15.5. The first-order valence-electron chi connectivity index (χ1n) is 9.17. The summed E-state index contributed by atoms with van der Waals surface area (Å²) < 4.78 is 73.9. The second-order valence-corrected chi connectivity index (χ2v) is 8.33. The third-order valence-corrected chi connectivity index (χ3v) is 5.42. The molecule has 0 aliphatic carbocycles. The maximum absolute atomic E-state index is 12.9. The Bertz CT molecular complexity index is 1410. The number of rotatable bonds is 6. The number of pyridine rings is 1. The van der Waals surface area contributed by atoms with Crippen molar-refractivity contribution in [3.05, 3.63) is 60.0 Å². The highest BCUT2D eigenvalue weighted by molar-refractivity contribution is 7.89. The molecule has 0 aliphatic rings. The molecular formula is C19H15F3N6O4S. The number of benzene rings is 1. The maximum atomic E-state index is 12.9. The zero-order chi connectivity index (χ0) is 23.8. The lowest BCUT2D eigenvalue weighted by Crippen LogP contribution is -2.11. The van der Waals surface area contributed by atoms with Crippen LogP contribution in [0.3, 0.4) is 0 Å². The van der Waals surface area contributed by atoms with Crippen LogP contribution in [0.15, 0.2) is 58.1 Å². The zero-order valence-electron chi connectivity index (χ0n) is 16.8. The van der Waals surface area contributed by atoms with E-state index in [9.17, 15) is 21.6 Å². The van der Waals surface area contributed by atoms with E-state index >= 15 is 0 Å². The molecule has 4 rings (SSSR count). The van der Waals surface area contributed by atoms with Gasteiger partial charge < -0.3 is 9.26 Å². The number of primary sulfonamides is 1. The quantitative estimate of drug-likeness (QED) is 0.444. The van der Waals surface area contributed by atoms with E-state index in [1.807, 2.05) is 0 Å². The standard InChI is InChI=1S/C19H15F3N6O4S/c1-28-14(10-31-16-7-3-6-15(25-16)19(20,21)22)13(9-24-28)18-26-17(27-32-18)11-4-2-5-12(8-11)33(23,29)30/h2-9H,10H2,1H3,(H2,23,29,30). The molecule has 2 N–H and O–H groups in total. The fourth-order valence-corrected chi connectivity index (χ4v) is 3.43. The molecule has 0 saturated heterocycles. The van der Waals surface area contributed by atoms with Crippen LogP contribution in [0.1, 0.15) is 11.4 Å². The van der Waals surface area contributed by atoms with Gasteiger partial charge in [0, 0.05) is 18.7 Å². The van der Waals surface area contributed by atoms with Crippen LogP contribution < -0.4 is 9.88 Å². The number of aryl methyl sites for hydroxylation is 1. The monoisotopic (exact) mass is 480 g/mol. The summed E-state index contributed by atoms with van der Waals surface area (Å²) in [5.41, 5.74) is 0.0911. The van der Waals surface area contributed by atoms with E-state index < -0.39 is 21.9 Å². The van der Waals surface area contributed by atoms with Crippen molar-refractivity contribution in [1.82, 2.24) is 24.9 Å². The topological polar surface area (TPSA) is 139 Å². The second kappa shape index (κ2) is 8.29. The Morgan fingerprint density at radius 1 is 1.15 bits per heavy atom. The lowest BCUT2D eigenvalue weighted by molar-refractivity contribution is -0.141. The van der Waals surface area contributed by atoms with Gasteiger partial charge in [0.15, 0.2) is 0 Å². The average molecular weight is 480 g/mol. The minimum absolute atomic E-state index is 0.0507. The SMILES string of the molecule is Cn1ncc(-c2nc(-c3cccc(S(N)(=O)=O)c3)no2)c1COc1cccc(C(F)(F)F)n1. The molecule has 0 spiro atoms. The third kappa shape index (κ3) is 4.85. The first kappa shape index (κ1) is 22.4. The van der Waals surface area contributed by atoms with Crippen LogP contribution in [0.2, 0.25) is 0 Å². The zero-order valence-corrected chi connectivity index (χ0v) is 17.6. The molecule has 0 unspecified atom stereocenters. The molecule has 14 heteroatoms. The van der Waals surface area contributed by atoms with Crippen molar-refractivity contribution in [1.29, 1.82) is 0 Å². The number of nitrogens with zero attached hydrogens (tertiary/aromatic N) is 5. The maximum Gasteiger partial charge on any atom is 0.433 e. The third-order valence-electron chi connectivity index (χ3n) is 4.51. The lowest BCUT2D eigenvalue weighted by Gasteiger charge is -2.09. The number of hydrogen-bond donors (Lipinski definition) is 1. The highest BCUT2D eigenvalue weighted by Crippen LogP contribution is 2.30. The molecular weight excluding hydrogens is 465 g/mol. The molecule has 0 fully saturated rings. The number of halogens is 3. The predicted octanol–water partition coefficient (Wildman–Crippen LogP) is 2.78. The molecule has 0 radical (unpaired) electrons. The van der Waals surface area contributed by atoms with Crippen LogP contribution in [0.4, 0.5) is 13.2 Å². The van der Waals surface area contributed by atoms with Gasteiger partial charge in [-0.25, -0.2) is 18.5 Å². The lowest BCUT2D eigenvalue weighted by atomic mass is 10.2. The number of nitrogens with two attached hydrogens (primary N) is 1. The molecule has 0 bridgehead atoms. The predicted molar refractivity (Wildman–Crippen MR) is 107 cm³/mol. The molecule has 10 nitrogen and oxygen atoms in total. The second-order valence-electron chi connectivity index (χ2n) is 6.77. The van der Waals surface area contributed by atoms with E-state index in [1.165, 1.54) is 41.2 Å². The number of ether oxygens (including phenoxy) is 1. The summed E-state index contributed by atoms with van der Waals surface area (Å²) in [5, 5.41) is 13.1. The van der Waals surface area contributed by atoms with E-state index in [2.05, 4.69) is 20.2 Å². The van der Waals surface area contributed by atoms with Gasteiger partial charge in [-0.1, -0.05) is 23.4 Å². The fourth-order valence-electron chi connectivity index (χ4n) is 2.87. The minimum Gasteiger partial charge on any atom is -0.471 e.